The van der Waals surface area contributed by atoms with Crippen molar-refractivity contribution in [1.82, 2.24) is 5.32 Å². The molecule has 0 fully saturated rings. The first-order valence-electron chi connectivity index (χ1n) is 6.47. The van der Waals surface area contributed by atoms with Gasteiger partial charge in [0.05, 0.1) is 12.6 Å². The molecule has 1 aromatic carbocycles. The van der Waals surface area contributed by atoms with Crippen LogP contribution in [-0.4, -0.2) is 39.2 Å². The maximum Gasteiger partial charge on any atom is 0.234 e. The molecule has 0 aliphatic carbocycles. The number of carbonyl (C=O) groups is 1. The average molecular weight is 265 g/mol. The first-order valence-corrected chi connectivity index (χ1v) is 6.47. The molecule has 0 aliphatic heterocycles. The first kappa shape index (κ1) is 15.3. The topological polar surface area (TPSA) is 67.6 Å². The molecule has 0 aliphatic rings. The Kier molecular flexibility index (Phi) is 6.15. The number of primary amides is 1. The molecule has 0 aromatic heterocycles. The Balaban J connectivity index is 2.48. The normalized spacial score (nSPS) is 11.9. The lowest BCUT2D eigenvalue weighted by atomic mass is 10.2. The van der Waals surface area contributed by atoms with Gasteiger partial charge < -0.3 is 20.7 Å². The number of ether oxygens (including phenoxy) is 1. The molecule has 5 nitrogen and oxygen atoms in total. The summed E-state index contributed by atoms with van der Waals surface area (Å²) >= 11 is 0. The molecular formula is C14H23N3O2. The number of benzene rings is 1. The molecule has 0 saturated carbocycles. The fourth-order valence-electron chi connectivity index (χ4n) is 1.74. The van der Waals surface area contributed by atoms with Crippen LogP contribution in [0.4, 0.5) is 5.69 Å². The van der Waals surface area contributed by atoms with Crippen LogP contribution in [-0.2, 0) is 4.79 Å². The second kappa shape index (κ2) is 7.63. The van der Waals surface area contributed by atoms with E-state index >= 15 is 0 Å². The number of nitrogens with one attached hydrogen (secondary N) is 1. The summed E-state index contributed by atoms with van der Waals surface area (Å²) in [5.74, 6) is 0.457. The largest absolute Gasteiger partial charge is 0.493 e. The van der Waals surface area contributed by atoms with Crippen LogP contribution in [0.15, 0.2) is 24.3 Å². The third-order valence-corrected chi connectivity index (χ3v) is 2.80. The van der Waals surface area contributed by atoms with Gasteiger partial charge in [-0.3, -0.25) is 4.79 Å². The Hall–Kier alpha value is -1.75. The first-order chi connectivity index (χ1) is 9.04. The van der Waals surface area contributed by atoms with Crippen molar-refractivity contribution in [2.24, 2.45) is 5.73 Å². The molecule has 1 rings (SSSR count). The second-order valence-electron chi connectivity index (χ2n) is 4.54. The third-order valence-electron chi connectivity index (χ3n) is 2.80. The smallest absolute Gasteiger partial charge is 0.234 e. The Bertz CT molecular complexity index is 407. The molecule has 0 heterocycles. The number of rotatable bonds is 8. The van der Waals surface area contributed by atoms with Crippen LogP contribution in [0.3, 0.4) is 0 Å². The van der Waals surface area contributed by atoms with Crippen LogP contribution in [0, 0.1) is 0 Å². The predicted molar refractivity (Wildman–Crippen MR) is 77.5 cm³/mol. The molecule has 106 valence electrons. The lowest BCUT2D eigenvalue weighted by Gasteiger charge is -2.16. The van der Waals surface area contributed by atoms with E-state index in [1.54, 1.807) is 0 Å². The maximum absolute atomic E-state index is 11.2. The van der Waals surface area contributed by atoms with Crippen LogP contribution >= 0.6 is 0 Å². The van der Waals surface area contributed by atoms with Gasteiger partial charge >= 0.3 is 0 Å². The van der Waals surface area contributed by atoms with E-state index < -0.39 is 0 Å². The summed E-state index contributed by atoms with van der Waals surface area (Å²) in [5.41, 5.74) is 6.38. The third kappa shape index (κ3) is 5.18. The van der Waals surface area contributed by atoms with Crippen LogP contribution in [0.1, 0.15) is 13.3 Å². The number of nitrogens with two attached hydrogens (primary N) is 1. The van der Waals surface area contributed by atoms with Gasteiger partial charge in [-0.15, -0.1) is 0 Å². The number of likely N-dealkylation sites (N-methyl/N-ethyl adjacent to an activating group) is 1. The zero-order chi connectivity index (χ0) is 14.3. The van der Waals surface area contributed by atoms with Gasteiger partial charge in [0.15, 0.2) is 0 Å². The van der Waals surface area contributed by atoms with Crippen molar-refractivity contribution in [3.05, 3.63) is 24.3 Å². The second-order valence-corrected chi connectivity index (χ2v) is 4.54. The molecule has 0 radical (unpaired) electrons. The summed E-state index contributed by atoms with van der Waals surface area (Å²) in [7, 11) is 3.96. The van der Waals surface area contributed by atoms with E-state index in [0.29, 0.717) is 19.6 Å². The van der Waals surface area contributed by atoms with E-state index in [4.69, 9.17) is 10.5 Å². The average Bonchev–Trinajstić information content (AvgIpc) is 2.38. The molecule has 0 spiro atoms. The van der Waals surface area contributed by atoms with Crippen molar-refractivity contribution in [2.45, 2.75) is 19.4 Å². The molecule has 1 atom stereocenters. The van der Waals surface area contributed by atoms with Gasteiger partial charge in [-0.05, 0) is 18.7 Å². The zero-order valence-electron chi connectivity index (χ0n) is 11.8. The Morgan fingerprint density at radius 2 is 2.21 bits per heavy atom. The molecule has 19 heavy (non-hydrogen) atoms. The number of nitrogens with zero attached hydrogens (tertiary/aromatic N) is 1. The van der Waals surface area contributed by atoms with Crippen molar-refractivity contribution < 1.29 is 9.53 Å². The molecule has 1 unspecified atom stereocenters. The maximum atomic E-state index is 11.2. The van der Waals surface area contributed by atoms with Gasteiger partial charge in [-0.2, -0.15) is 0 Å². The van der Waals surface area contributed by atoms with E-state index in [0.717, 1.165) is 11.4 Å². The monoisotopic (exact) mass is 265 g/mol. The summed E-state index contributed by atoms with van der Waals surface area (Å²) in [4.78, 5) is 13.2. The van der Waals surface area contributed by atoms with Crippen LogP contribution in [0.2, 0.25) is 0 Å². The highest BCUT2D eigenvalue weighted by atomic mass is 16.5. The minimum absolute atomic E-state index is 0.331. The number of hydrogen-bond acceptors (Lipinski definition) is 4. The number of carbonyl (C=O) groups excluding carboxylic acids is 1. The molecule has 1 aromatic rings. The van der Waals surface area contributed by atoms with Crippen LogP contribution < -0.4 is 20.7 Å². The van der Waals surface area contributed by atoms with E-state index in [9.17, 15) is 4.79 Å². The highest BCUT2D eigenvalue weighted by molar-refractivity contribution is 5.79. The fraction of sp³-hybridized carbons (Fsp3) is 0.500. The summed E-state index contributed by atoms with van der Waals surface area (Å²) in [6, 6.07) is 7.49. The van der Waals surface area contributed by atoms with Crippen molar-refractivity contribution in [2.75, 3.05) is 32.1 Å². The summed E-state index contributed by atoms with van der Waals surface area (Å²) < 4.78 is 5.65. The van der Waals surface area contributed by atoms with Gasteiger partial charge in [-0.25, -0.2) is 0 Å². The van der Waals surface area contributed by atoms with E-state index in [2.05, 4.69) is 5.32 Å². The Labute approximate surface area is 114 Å². The lowest BCUT2D eigenvalue weighted by molar-refractivity contribution is -0.120. The fourth-order valence-corrected chi connectivity index (χ4v) is 1.74. The summed E-state index contributed by atoms with van der Waals surface area (Å²) in [5, 5.41) is 3.04. The Morgan fingerprint density at radius 1 is 1.47 bits per heavy atom. The van der Waals surface area contributed by atoms with Crippen LogP contribution in [0.5, 0.6) is 5.75 Å². The van der Waals surface area contributed by atoms with Crippen LogP contribution in [0.25, 0.3) is 0 Å². The highest BCUT2D eigenvalue weighted by Crippen LogP contribution is 2.19. The van der Waals surface area contributed by atoms with Gasteiger partial charge in [0.25, 0.3) is 0 Å². The lowest BCUT2D eigenvalue weighted by Crippen LogP contribution is -2.42. The van der Waals surface area contributed by atoms with Crippen molar-refractivity contribution in [3.63, 3.8) is 0 Å². The van der Waals surface area contributed by atoms with Gasteiger partial charge in [0, 0.05) is 32.3 Å². The molecular weight excluding hydrogens is 242 g/mol. The molecule has 3 N–H and O–H groups in total. The molecule has 0 saturated heterocycles. The molecule has 1 amide bonds. The van der Waals surface area contributed by atoms with Crippen molar-refractivity contribution >= 4 is 11.6 Å². The highest BCUT2D eigenvalue weighted by Gasteiger charge is 2.13. The number of hydrogen-bond donors (Lipinski definition) is 2. The summed E-state index contributed by atoms with van der Waals surface area (Å²) in [6.45, 7) is 3.11. The van der Waals surface area contributed by atoms with Gasteiger partial charge in [0.2, 0.25) is 5.91 Å². The van der Waals surface area contributed by atoms with Gasteiger partial charge in [-0.1, -0.05) is 13.0 Å². The minimum Gasteiger partial charge on any atom is -0.493 e. The van der Waals surface area contributed by atoms with Crippen molar-refractivity contribution in [3.8, 4) is 5.75 Å². The quantitative estimate of drug-likeness (QED) is 0.735. The zero-order valence-corrected chi connectivity index (χ0v) is 11.8. The Morgan fingerprint density at radius 3 is 2.79 bits per heavy atom. The number of amides is 1. The van der Waals surface area contributed by atoms with Gasteiger partial charge in [0.1, 0.15) is 5.75 Å². The minimum atomic E-state index is -0.340. The van der Waals surface area contributed by atoms with E-state index in [-0.39, 0.29) is 11.9 Å². The summed E-state index contributed by atoms with van der Waals surface area (Å²) in [6.07, 6.45) is 0.565. The predicted octanol–water partition coefficient (Wildman–Crippen LogP) is 0.985. The number of anilines is 1. The van der Waals surface area contributed by atoms with E-state index in [1.165, 1.54) is 0 Å². The standard InChI is InChI=1S/C14H23N3O2/c1-4-16-13(14(15)18)8-9-19-12-7-5-6-11(10-12)17(2)3/h5-7,10,13,16H,4,8-9H2,1-3H3,(H2,15,18). The van der Waals surface area contributed by atoms with E-state index in [1.807, 2.05) is 50.2 Å². The molecule has 5 heteroatoms. The SMILES string of the molecule is CCNC(CCOc1cccc(N(C)C)c1)C(N)=O. The molecule has 0 bridgehead atoms. The van der Waals surface area contributed by atoms with Crippen molar-refractivity contribution in [1.29, 1.82) is 0 Å².